The second-order valence-electron chi connectivity index (χ2n) is 7.27. The predicted octanol–water partition coefficient (Wildman–Crippen LogP) is -0.122. The molecule has 0 radical (unpaired) electrons. The lowest BCUT2D eigenvalue weighted by Gasteiger charge is -2.36. The number of anilines is 1. The van der Waals surface area contributed by atoms with Gasteiger partial charge in [-0.15, -0.1) is 0 Å². The molecule has 5 nitrogen and oxygen atoms in total. The van der Waals surface area contributed by atoms with Crippen LogP contribution in [0.1, 0.15) is 11.1 Å². The number of aliphatic hydroxyl groups is 1. The smallest absolute Gasteiger partial charge is 0.119 e. The lowest BCUT2D eigenvalue weighted by atomic mass is 10.1. The Kier molecular flexibility index (Phi) is 8.42. The fourth-order valence-corrected chi connectivity index (χ4v) is 3.54. The molecule has 0 aromatic heterocycles. The van der Waals surface area contributed by atoms with Crippen molar-refractivity contribution in [2.24, 2.45) is 0 Å². The zero-order valence-corrected chi connectivity index (χ0v) is 17.7. The molecular weight excluding hydrogens is 376 g/mol. The van der Waals surface area contributed by atoms with E-state index in [1.165, 1.54) is 16.8 Å². The number of ether oxygens (including phenoxy) is 2. The summed E-state index contributed by atoms with van der Waals surface area (Å²) in [5.74, 6) is 1.71. The SMILES string of the molecule is COc1ccc(N2CCN(CC(O)COc3cc(C)cc(C)c3)CC2)cc1.[Cl-]. The minimum absolute atomic E-state index is 0. The van der Waals surface area contributed by atoms with Crippen LogP contribution in [0.5, 0.6) is 11.5 Å². The lowest BCUT2D eigenvalue weighted by molar-refractivity contribution is -0.00000822. The summed E-state index contributed by atoms with van der Waals surface area (Å²) in [5, 5.41) is 10.3. The number of hydrogen-bond acceptors (Lipinski definition) is 5. The number of aliphatic hydroxyl groups excluding tert-OH is 1. The van der Waals surface area contributed by atoms with Gasteiger partial charge in [0.25, 0.3) is 0 Å². The molecule has 154 valence electrons. The molecule has 1 saturated heterocycles. The highest BCUT2D eigenvalue weighted by Crippen LogP contribution is 2.21. The lowest BCUT2D eigenvalue weighted by Crippen LogP contribution is -3.00. The molecule has 1 unspecified atom stereocenters. The molecule has 1 heterocycles. The van der Waals surface area contributed by atoms with Gasteiger partial charge in [0.05, 0.1) is 7.11 Å². The summed E-state index contributed by atoms with van der Waals surface area (Å²) in [6.07, 6.45) is -0.488. The quantitative estimate of drug-likeness (QED) is 0.695. The maximum atomic E-state index is 10.3. The highest BCUT2D eigenvalue weighted by Gasteiger charge is 2.20. The van der Waals surface area contributed by atoms with E-state index in [1.54, 1.807) is 7.11 Å². The average molecular weight is 406 g/mol. The largest absolute Gasteiger partial charge is 1.00 e. The maximum Gasteiger partial charge on any atom is 0.119 e. The molecule has 2 aromatic rings. The monoisotopic (exact) mass is 405 g/mol. The first-order valence-electron chi connectivity index (χ1n) is 9.54. The van der Waals surface area contributed by atoms with Gasteiger partial charge in [-0.05, 0) is 61.4 Å². The third-order valence-corrected chi connectivity index (χ3v) is 4.92. The average Bonchev–Trinajstić information content (AvgIpc) is 2.66. The molecule has 0 bridgehead atoms. The molecule has 0 spiro atoms. The van der Waals surface area contributed by atoms with Crippen LogP contribution in [0.2, 0.25) is 0 Å². The van der Waals surface area contributed by atoms with E-state index < -0.39 is 6.10 Å². The predicted molar refractivity (Wildman–Crippen MR) is 109 cm³/mol. The Morgan fingerprint density at radius 3 is 2.11 bits per heavy atom. The Morgan fingerprint density at radius 2 is 1.54 bits per heavy atom. The van der Waals surface area contributed by atoms with Gasteiger partial charge >= 0.3 is 0 Å². The summed E-state index contributed by atoms with van der Waals surface area (Å²) in [5.41, 5.74) is 3.57. The Morgan fingerprint density at radius 1 is 0.929 bits per heavy atom. The summed E-state index contributed by atoms with van der Waals surface area (Å²) >= 11 is 0. The van der Waals surface area contributed by atoms with Crippen molar-refractivity contribution in [2.75, 3.05) is 51.3 Å². The molecular formula is C22H30ClN2O3-. The number of methoxy groups -OCH3 is 1. The Balaban J connectivity index is 0.00000280. The Hall–Kier alpha value is -1.95. The van der Waals surface area contributed by atoms with Crippen molar-refractivity contribution in [3.05, 3.63) is 53.6 Å². The highest BCUT2D eigenvalue weighted by molar-refractivity contribution is 5.49. The molecule has 1 aliphatic heterocycles. The summed E-state index contributed by atoms with van der Waals surface area (Å²) in [6.45, 7) is 8.85. The van der Waals surface area contributed by atoms with Crippen molar-refractivity contribution >= 4 is 5.69 Å². The van der Waals surface area contributed by atoms with Gasteiger partial charge in [0.15, 0.2) is 0 Å². The molecule has 0 amide bonds. The minimum Gasteiger partial charge on any atom is -1.00 e. The second kappa shape index (κ2) is 10.6. The van der Waals surface area contributed by atoms with Crippen LogP contribution in [0, 0.1) is 13.8 Å². The van der Waals surface area contributed by atoms with Crippen molar-refractivity contribution in [1.82, 2.24) is 4.90 Å². The van der Waals surface area contributed by atoms with Gasteiger partial charge < -0.3 is 31.9 Å². The number of aryl methyl sites for hydroxylation is 2. The molecule has 1 atom stereocenters. The van der Waals surface area contributed by atoms with E-state index in [0.717, 1.165) is 37.7 Å². The third kappa shape index (κ3) is 6.30. The molecule has 28 heavy (non-hydrogen) atoms. The maximum absolute atomic E-state index is 10.3. The second-order valence-corrected chi connectivity index (χ2v) is 7.27. The van der Waals surface area contributed by atoms with Crippen LogP contribution in [-0.4, -0.2) is 62.6 Å². The van der Waals surface area contributed by atoms with Gasteiger partial charge in [0, 0.05) is 38.4 Å². The number of piperazine rings is 1. The molecule has 2 aromatic carbocycles. The molecule has 1 fully saturated rings. The van der Waals surface area contributed by atoms with Crippen molar-refractivity contribution in [1.29, 1.82) is 0 Å². The first-order chi connectivity index (χ1) is 13.0. The molecule has 3 rings (SSSR count). The molecule has 1 N–H and O–H groups in total. The fraction of sp³-hybridized carbons (Fsp3) is 0.455. The summed E-state index contributed by atoms with van der Waals surface area (Å²) in [7, 11) is 1.68. The number of nitrogens with zero attached hydrogens (tertiary/aromatic N) is 2. The van der Waals surface area contributed by atoms with Gasteiger partial charge in [-0.25, -0.2) is 0 Å². The van der Waals surface area contributed by atoms with Gasteiger partial charge in [-0.3, -0.25) is 4.90 Å². The van der Waals surface area contributed by atoms with E-state index in [1.807, 2.05) is 24.3 Å². The number of hydrogen-bond donors (Lipinski definition) is 1. The topological polar surface area (TPSA) is 45.2 Å². The standard InChI is InChI=1S/C22H30N2O3.ClH/c1-17-12-18(2)14-22(13-17)27-16-20(25)15-23-8-10-24(11-9-23)19-4-6-21(26-3)7-5-19;/h4-7,12-14,20,25H,8-11,15-16H2,1-3H3;1H/p-1. The highest BCUT2D eigenvalue weighted by atomic mass is 35.5. The van der Waals surface area contributed by atoms with Crippen molar-refractivity contribution in [3.8, 4) is 11.5 Å². The number of β-amino-alcohol motifs (C(OH)–C–C–N with tert-alkyl or cyclic N) is 1. The number of rotatable bonds is 7. The van der Waals surface area contributed by atoms with E-state index in [2.05, 4.69) is 41.8 Å². The van der Waals surface area contributed by atoms with E-state index in [-0.39, 0.29) is 12.4 Å². The van der Waals surface area contributed by atoms with Gasteiger partial charge in [0.1, 0.15) is 24.2 Å². The van der Waals surface area contributed by atoms with Crippen LogP contribution >= 0.6 is 0 Å². The Labute approximate surface area is 174 Å². The molecule has 1 aliphatic rings. The molecule has 0 aliphatic carbocycles. The fourth-order valence-electron chi connectivity index (χ4n) is 3.54. The van der Waals surface area contributed by atoms with E-state index in [9.17, 15) is 5.11 Å². The third-order valence-electron chi connectivity index (χ3n) is 4.92. The van der Waals surface area contributed by atoms with Gasteiger partial charge in [-0.1, -0.05) is 6.07 Å². The molecule has 6 heteroatoms. The van der Waals surface area contributed by atoms with Crippen molar-refractivity contribution in [3.63, 3.8) is 0 Å². The van der Waals surface area contributed by atoms with E-state index >= 15 is 0 Å². The zero-order valence-electron chi connectivity index (χ0n) is 16.9. The van der Waals surface area contributed by atoms with Crippen molar-refractivity contribution in [2.45, 2.75) is 20.0 Å². The van der Waals surface area contributed by atoms with E-state index in [0.29, 0.717) is 13.2 Å². The van der Waals surface area contributed by atoms with Crippen LogP contribution < -0.4 is 26.8 Å². The first kappa shape index (κ1) is 22.3. The number of halogens is 1. The van der Waals surface area contributed by atoms with Crippen LogP contribution in [-0.2, 0) is 0 Å². The van der Waals surface area contributed by atoms with Gasteiger partial charge in [-0.2, -0.15) is 0 Å². The van der Waals surface area contributed by atoms with Crippen LogP contribution in [0.3, 0.4) is 0 Å². The number of benzene rings is 2. The normalized spacial score (nSPS) is 15.6. The van der Waals surface area contributed by atoms with Crippen LogP contribution in [0.15, 0.2) is 42.5 Å². The minimum atomic E-state index is -0.488. The van der Waals surface area contributed by atoms with E-state index in [4.69, 9.17) is 9.47 Å². The van der Waals surface area contributed by atoms with Crippen molar-refractivity contribution < 1.29 is 27.0 Å². The first-order valence-corrected chi connectivity index (χ1v) is 9.54. The summed E-state index contributed by atoms with van der Waals surface area (Å²) < 4.78 is 11.0. The summed E-state index contributed by atoms with van der Waals surface area (Å²) in [4.78, 5) is 4.67. The van der Waals surface area contributed by atoms with Crippen LogP contribution in [0.25, 0.3) is 0 Å². The zero-order chi connectivity index (χ0) is 19.2. The van der Waals surface area contributed by atoms with Crippen LogP contribution in [0.4, 0.5) is 5.69 Å². The molecule has 0 saturated carbocycles. The summed E-state index contributed by atoms with van der Waals surface area (Å²) in [6, 6.07) is 14.3. The van der Waals surface area contributed by atoms with Gasteiger partial charge in [0.2, 0.25) is 0 Å². The Bertz CT molecular complexity index is 711.